The first-order valence-electron chi connectivity index (χ1n) is 7.49. The number of carbonyl (C=O) groups is 3. The lowest BCUT2D eigenvalue weighted by Crippen LogP contribution is -2.38. The van der Waals surface area contributed by atoms with Crippen LogP contribution in [0.3, 0.4) is 0 Å². The number of para-hydroxylation sites is 2. The molecule has 1 aromatic carbocycles. The fourth-order valence-electron chi connectivity index (χ4n) is 2.34. The Morgan fingerprint density at radius 2 is 2.15 bits per heavy atom. The molecular formula is C17H14BrN3O4S. The van der Waals surface area contributed by atoms with Gasteiger partial charge in [0, 0.05) is 14.7 Å². The molecule has 9 heteroatoms. The number of imide groups is 1. The Hall–Kier alpha value is -2.65. The second-order valence-corrected chi connectivity index (χ2v) is 7.15. The summed E-state index contributed by atoms with van der Waals surface area (Å²) in [5.41, 5.74) is 0.598. The van der Waals surface area contributed by atoms with E-state index in [0.717, 1.165) is 14.2 Å². The van der Waals surface area contributed by atoms with Crippen molar-refractivity contribution in [3.05, 3.63) is 50.8 Å². The van der Waals surface area contributed by atoms with E-state index >= 15 is 0 Å². The van der Waals surface area contributed by atoms with Crippen LogP contribution in [0.2, 0.25) is 0 Å². The Kier molecular flexibility index (Phi) is 5.38. The lowest BCUT2D eigenvalue weighted by molar-refractivity contribution is -0.127. The molecule has 0 spiro atoms. The summed E-state index contributed by atoms with van der Waals surface area (Å²) in [4.78, 5) is 38.3. The summed E-state index contributed by atoms with van der Waals surface area (Å²) in [7, 11) is 1.49. The van der Waals surface area contributed by atoms with Gasteiger partial charge in [-0.25, -0.2) is 9.69 Å². The summed E-state index contributed by atoms with van der Waals surface area (Å²) in [6, 6.07) is 8.07. The van der Waals surface area contributed by atoms with Crippen molar-refractivity contribution in [3.63, 3.8) is 0 Å². The molecule has 2 heterocycles. The molecule has 1 fully saturated rings. The summed E-state index contributed by atoms with van der Waals surface area (Å²) in [6.45, 7) is -0.395. The van der Waals surface area contributed by atoms with Crippen molar-refractivity contribution in [1.82, 2.24) is 10.2 Å². The molecule has 0 bridgehead atoms. The number of urea groups is 1. The number of benzene rings is 1. The van der Waals surface area contributed by atoms with E-state index in [1.165, 1.54) is 18.4 Å². The van der Waals surface area contributed by atoms with Crippen LogP contribution in [0.4, 0.5) is 10.5 Å². The van der Waals surface area contributed by atoms with Gasteiger partial charge in [0.2, 0.25) is 5.91 Å². The molecule has 134 valence electrons. The highest BCUT2D eigenvalue weighted by molar-refractivity contribution is 9.10. The van der Waals surface area contributed by atoms with Crippen LogP contribution in [0, 0.1) is 0 Å². The Morgan fingerprint density at radius 3 is 2.85 bits per heavy atom. The third-order valence-electron chi connectivity index (χ3n) is 3.52. The highest BCUT2D eigenvalue weighted by atomic mass is 79.9. The molecule has 0 saturated carbocycles. The van der Waals surface area contributed by atoms with E-state index in [1.807, 2.05) is 11.4 Å². The van der Waals surface area contributed by atoms with Crippen molar-refractivity contribution in [1.29, 1.82) is 0 Å². The fourth-order valence-corrected chi connectivity index (χ4v) is 3.72. The number of carbonyl (C=O) groups excluding carboxylic acids is 3. The molecule has 2 N–H and O–H groups in total. The second kappa shape index (κ2) is 7.71. The third-order valence-corrected chi connectivity index (χ3v) is 5.16. The quantitative estimate of drug-likeness (QED) is 0.557. The maximum atomic E-state index is 12.4. The van der Waals surface area contributed by atoms with Crippen LogP contribution in [0.1, 0.15) is 4.88 Å². The number of amides is 4. The number of anilines is 1. The Labute approximate surface area is 161 Å². The number of thiophene rings is 1. The van der Waals surface area contributed by atoms with Crippen LogP contribution in [-0.2, 0) is 9.59 Å². The lowest BCUT2D eigenvalue weighted by atomic mass is 10.3. The topological polar surface area (TPSA) is 87.7 Å². The maximum absolute atomic E-state index is 12.4. The number of ether oxygens (including phenoxy) is 1. The number of rotatable bonds is 5. The molecule has 0 radical (unpaired) electrons. The van der Waals surface area contributed by atoms with Crippen LogP contribution >= 0.6 is 27.3 Å². The average molecular weight is 436 g/mol. The van der Waals surface area contributed by atoms with Gasteiger partial charge in [0.15, 0.2) is 0 Å². The Bertz CT molecular complexity index is 909. The predicted molar refractivity (Wildman–Crippen MR) is 102 cm³/mol. The molecule has 0 aliphatic carbocycles. The van der Waals surface area contributed by atoms with Gasteiger partial charge >= 0.3 is 6.03 Å². The summed E-state index contributed by atoms with van der Waals surface area (Å²) in [6.07, 6.45) is 1.58. The van der Waals surface area contributed by atoms with Crippen LogP contribution in [-0.4, -0.2) is 36.4 Å². The normalized spacial score (nSPS) is 15.3. The number of nitrogens with one attached hydrogen (secondary N) is 2. The van der Waals surface area contributed by atoms with Gasteiger partial charge in [0.1, 0.15) is 18.0 Å². The molecule has 0 atom stereocenters. The first-order chi connectivity index (χ1) is 12.5. The van der Waals surface area contributed by atoms with Crippen LogP contribution in [0.25, 0.3) is 6.08 Å². The molecule has 4 amide bonds. The van der Waals surface area contributed by atoms with Gasteiger partial charge in [0.05, 0.1) is 12.8 Å². The molecule has 3 rings (SSSR count). The Balaban J connectivity index is 1.69. The van der Waals surface area contributed by atoms with Gasteiger partial charge in [-0.05, 0) is 40.2 Å². The van der Waals surface area contributed by atoms with E-state index in [-0.39, 0.29) is 5.70 Å². The van der Waals surface area contributed by atoms with Crippen molar-refractivity contribution >= 4 is 56.9 Å². The highest BCUT2D eigenvalue weighted by Gasteiger charge is 2.35. The number of halogens is 1. The smallest absolute Gasteiger partial charge is 0.329 e. The van der Waals surface area contributed by atoms with Gasteiger partial charge in [-0.2, -0.15) is 0 Å². The van der Waals surface area contributed by atoms with Gasteiger partial charge in [-0.15, -0.1) is 11.3 Å². The van der Waals surface area contributed by atoms with Crippen molar-refractivity contribution < 1.29 is 19.1 Å². The number of nitrogens with zero attached hydrogens (tertiary/aromatic N) is 1. The standard InChI is InChI=1S/C17H14BrN3O4S/c1-25-14-5-3-2-4-12(14)19-15(22)8-21-16(23)13(20-17(21)24)7-11-6-10(18)9-26-11/h2-7,9H,8H2,1H3,(H,19,22)(H,20,24)/b13-7+. The summed E-state index contributed by atoms with van der Waals surface area (Å²) >= 11 is 4.75. The molecular weight excluding hydrogens is 422 g/mol. The van der Waals surface area contributed by atoms with Crippen molar-refractivity contribution in [2.75, 3.05) is 19.0 Å². The fraction of sp³-hybridized carbons (Fsp3) is 0.118. The molecule has 26 heavy (non-hydrogen) atoms. The summed E-state index contributed by atoms with van der Waals surface area (Å²) in [5.74, 6) is -0.560. The molecule has 0 unspecified atom stereocenters. The van der Waals surface area contributed by atoms with Gasteiger partial charge in [0.25, 0.3) is 5.91 Å². The summed E-state index contributed by atoms with van der Waals surface area (Å²) in [5, 5.41) is 6.99. The molecule has 1 aromatic heterocycles. The summed E-state index contributed by atoms with van der Waals surface area (Å²) < 4.78 is 6.05. The SMILES string of the molecule is COc1ccccc1NC(=O)CN1C(=O)N/C(=C/c2cc(Br)cs2)C1=O. The molecule has 2 aromatic rings. The lowest BCUT2D eigenvalue weighted by Gasteiger charge is -2.13. The molecule has 1 aliphatic heterocycles. The van der Waals surface area contributed by atoms with Gasteiger partial charge < -0.3 is 15.4 Å². The van der Waals surface area contributed by atoms with Crippen molar-refractivity contribution in [3.8, 4) is 5.75 Å². The zero-order valence-corrected chi connectivity index (χ0v) is 16.0. The number of methoxy groups -OCH3 is 1. The van der Waals surface area contributed by atoms with Crippen LogP contribution in [0.5, 0.6) is 5.75 Å². The minimum atomic E-state index is -0.632. The van der Waals surface area contributed by atoms with E-state index < -0.39 is 24.4 Å². The molecule has 7 nitrogen and oxygen atoms in total. The van der Waals surface area contributed by atoms with E-state index in [0.29, 0.717) is 11.4 Å². The second-order valence-electron chi connectivity index (χ2n) is 5.30. The minimum Gasteiger partial charge on any atom is -0.495 e. The minimum absolute atomic E-state index is 0.134. The predicted octanol–water partition coefficient (Wildman–Crippen LogP) is 3.05. The first-order valence-corrected chi connectivity index (χ1v) is 9.16. The van der Waals surface area contributed by atoms with E-state index in [2.05, 4.69) is 26.6 Å². The molecule has 1 saturated heterocycles. The number of hydrogen-bond acceptors (Lipinski definition) is 5. The highest BCUT2D eigenvalue weighted by Crippen LogP contribution is 2.24. The molecule has 1 aliphatic rings. The largest absolute Gasteiger partial charge is 0.495 e. The third kappa shape index (κ3) is 3.94. The van der Waals surface area contributed by atoms with Crippen molar-refractivity contribution in [2.24, 2.45) is 0 Å². The zero-order valence-electron chi connectivity index (χ0n) is 13.6. The maximum Gasteiger partial charge on any atom is 0.329 e. The van der Waals surface area contributed by atoms with Gasteiger partial charge in [-0.1, -0.05) is 12.1 Å². The first kappa shape index (κ1) is 18.2. The van der Waals surface area contributed by atoms with Crippen LogP contribution in [0.15, 0.2) is 45.9 Å². The average Bonchev–Trinajstić information content (AvgIpc) is 3.13. The van der Waals surface area contributed by atoms with E-state index in [4.69, 9.17) is 4.74 Å². The van der Waals surface area contributed by atoms with E-state index in [9.17, 15) is 14.4 Å². The Morgan fingerprint density at radius 1 is 1.38 bits per heavy atom. The monoisotopic (exact) mass is 435 g/mol. The number of hydrogen-bond donors (Lipinski definition) is 2. The van der Waals surface area contributed by atoms with Crippen molar-refractivity contribution in [2.45, 2.75) is 0 Å². The van der Waals surface area contributed by atoms with E-state index in [1.54, 1.807) is 30.3 Å². The van der Waals surface area contributed by atoms with Crippen LogP contribution < -0.4 is 15.4 Å². The van der Waals surface area contributed by atoms with Gasteiger partial charge in [-0.3, -0.25) is 9.59 Å². The zero-order chi connectivity index (χ0) is 18.7.